The Hall–Kier alpha value is -3.25. The van der Waals surface area contributed by atoms with Crippen LogP contribution in [-0.4, -0.2) is 22.4 Å². The fourth-order valence-electron chi connectivity index (χ4n) is 2.89. The Morgan fingerprint density at radius 2 is 1.70 bits per heavy atom. The van der Waals surface area contributed by atoms with Crippen molar-refractivity contribution in [3.63, 3.8) is 0 Å². The van der Waals surface area contributed by atoms with E-state index in [0.29, 0.717) is 38.6 Å². The van der Waals surface area contributed by atoms with Crippen LogP contribution in [0.5, 0.6) is 6.01 Å². The molecule has 0 aliphatic rings. The van der Waals surface area contributed by atoms with Crippen molar-refractivity contribution in [3.8, 4) is 17.3 Å². The summed E-state index contributed by atoms with van der Waals surface area (Å²) in [4.78, 5) is 23.1. The van der Waals surface area contributed by atoms with Crippen molar-refractivity contribution in [2.75, 3.05) is 12.3 Å². The quantitative estimate of drug-likeness (QED) is 0.517. The lowest BCUT2D eigenvalue weighted by atomic mass is 10.1. The molecule has 4 aromatic rings. The third kappa shape index (κ3) is 3.15. The highest BCUT2D eigenvalue weighted by molar-refractivity contribution is 7.21. The second-order valence-corrected chi connectivity index (χ2v) is 6.87. The Labute approximate surface area is 160 Å². The fraction of sp³-hybridized carbons (Fsp3) is 0.0952. The van der Waals surface area contributed by atoms with Gasteiger partial charge in [0.1, 0.15) is 9.71 Å². The number of benzene rings is 2. The van der Waals surface area contributed by atoms with E-state index in [1.54, 1.807) is 12.1 Å². The van der Waals surface area contributed by atoms with Crippen LogP contribution < -0.4 is 10.5 Å². The molecule has 2 aromatic heterocycles. The maximum absolute atomic E-state index is 12.9. The number of hydrogen-bond acceptors (Lipinski definition) is 6. The molecule has 0 spiro atoms. The summed E-state index contributed by atoms with van der Waals surface area (Å²) in [5.74, 6) is -0.118. The minimum atomic E-state index is -0.118. The first-order chi connectivity index (χ1) is 13.2. The zero-order chi connectivity index (χ0) is 18.8. The van der Waals surface area contributed by atoms with E-state index in [1.807, 2.05) is 55.5 Å². The van der Waals surface area contributed by atoms with Crippen molar-refractivity contribution >= 4 is 33.0 Å². The molecule has 0 amide bonds. The van der Waals surface area contributed by atoms with Gasteiger partial charge in [-0.05, 0) is 6.92 Å². The van der Waals surface area contributed by atoms with Gasteiger partial charge in [-0.1, -0.05) is 60.7 Å². The molecule has 0 saturated heterocycles. The van der Waals surface area contributed by atoms with Crippen molar-refractivity contribution in [3.05, 3.63) is 71.1 Å². The number of ether oxygens (including phenoxy) is 1. The predicted molar refractivity (Wildman–Crippen MR) is 108 cm³/mol. The molecular weight excluding hydrogens is 358 g/mol. The number of fused-ring (bicyclic) bond motifs is 1. The van der Waals surface area contributed by atoms with Gasteiger partial charge in [0.05, 0.1) is 23.4 Å². The largest absolute Gasteiger partial charge is 0.464 e. The number of nitrogen functional groups attached to an aromatic ring is 1. The van der Waals surface area contributed by atoms with Crippen LogP contribution in [0.2, 0.25) is 0 Å². The number of anilines is 1. The van der Waals surface area contributed by atoms with Crippen molar-refractivity contribution < 1.29 is 9.53 Å². The first kappa shape index (κ1) is 17.2. The van der Waals surface area contributed by atoms with Crippen LogP contribution in [0.4, 0.5) is 5.69 Å². The van der Waals surface area contributed by atoms with Gasteiger partial charge >= 0.3 is 6.01 Å². The third-order valence-electron chi connectivity index (χ3n) is 4.13. The van der Waals surface area contributed by atoms with Crippen LogP contribution in [0.1, 0.15) is 22.2 Å². The van der Waals surface area contributed by atoms with E-state index in [1.165, 1.54) is 11.3 Å². The molecule has 6 heteroatoms. The van der Waals surface area contributed by atoms with E-state index in [9.17, 15) is 4.79 Å². The van der Waals surface area contributed by atoms with Crippen molar-refractivity contribution in [2.24, 2.45) is 0 Å². The molecule has 2 aromatic carbocycles. The normalized spacial score (nSPS) is 10.9. The molecule has 27 heavy (non-hydrogen) atoms. The molecule has 134 valence electrons. The number of aromatic nitrogens is 2. The van der Waals surface area contributed by atoms with Gasteiger partial charge in [-0.3, -0.25) is 4.79 Å². The van der Waals surface area contributed by atoms with E-state index >= 15 is 0 Å². The summed E-state index contributed by atoms with van der Waals surface area (Å²) >= 11 is 1.27. The Balaban J connectivity index is 1.94. The van der Waals surface area contributed by atoms with Gasteiger partial charge in [0.25, 0.3) is 0 Å². The first-order valence-electron chi connectivity index (χ1n) is 8.57. The number of carbonyl (C=O) groups is 1. The van der Waals surface area contributed by atoms with E-state index in [-0.39, 0.29) is 11.8 Å². The molecule has 0 aliphatic carbocycles. The fourth-order valence-corrected chi connectivity index (χ4v) is 3.94. The first-order valence-corrected chi connectivity index (χ1v) is 9.38. The molecule has 0 saturated carbocycles. The predicted octanol–water partition coefficient (Wildman–Crippen LogP) is 4.57. The van der Waals surface area contributed by atoms with Gasteiger partial charge in [-0.2, -0.15) is 9.97 Å². The topological polar surface area (TPSA) is 78.1 Å². The molecule has 2 N–H and O–H groups in total. The van der Waals surface area contributed by atoms with Crippen molar-refractivity contribution in [2.45, 2.75) is 6.92 Å². The van der Waals surface area contributed by atoms with Crippen LogP contribution in [0.3, 0.4) is 0 Å². The van der Waals surface area contributed by atoms with Gasteiger partial charge in [-0.25, -0.2) is 0 Å². The maximum Gasteiger partial charge on any atom is 0.318 e. The van der Waals surface area contributed by atoms with Crippen LogP contribution in [0.15, 0.2) is 60.7 Å². The summed E-state index contributed by atoms with van der Waals surface area (Å²) in [6, 6.07) is 19.1. The van der Waals surface area contributed by atoms with E-state index < -0.39 is 0 Å². The average molecular weight is 375 g/mol. The van der Waals surface area contributed by atoms with E-state index in [0.717, 1.165) is 5.56 Å². The number of rotatable bonds is 5. The van der Waals surface area contributed by atoms with E-state index in [2.05, 4.69) is 9.97 Å². The Morgan fingerprint density at radius 1 is 1.04 bits per heavy atom. The molecule has 0 fully saturated rings. The Morgan fingerprint density at radius 3 is 2.37 bits per heavy atom. The molecule has 0 atom stereocenters. The minimum Gasteiger partial charge on any atom is -0.464 e. The number of nitrogens with zero attached hydrogens (tertiary/aromatic N) is 2. The SMILES string of the molecule is CCOc1nc(-c2ccccc2)c2c(N)c(C(=O)c3ccccc3)sc2n1. The molecular formula is C21H17N3O2S. The van der Waals surface area contributed by atoms with Crippen LogP contribution >= 0.6 is 11.3 Å². The number of ketones is 1. The number of nitrogens with two attached hydrogens (primary N) is 1. The van der Waals surface area contributed by atoms with Gasteiger partial charge in [0.15, 0.2) is 0 Å². The van der Waals surface area contributed by atoms with Crippen LogP contribution in [-0.2, 0) is 0 Å². The highest BCUT2D eigenvalue weighted by atomic mass is 32.1. The number of hydrogen-bond donors (Lipinski definition) is 1. The van der Waals surface area contributed by atoms with Gasteiger partial charge in [0.2, 0.25) is 5.78 Å². The lowest BCUT2D eigenvalue weighted by molar-refractivity contribution is 0.104. The Kier molecular flexibility index (Phi) is 4.56. The summed E-state index contributed by atoms with van der Waals surface area (Å²) in [5, 5.41) is 0.689. The summed E-state index contributed by atoms with van der Waals surface area (Å²) in [6.45, 7) is 2.33. The van der Waals surface area contributed by atoms with Crippen molar-refractivity contribution in [1.29, 1.82) is 0 Å². The number of thiophene rings is 1. The second-order valence-electron chi connectivity index (χ2n) is 5.87. The van der Waals surface area contributed by atoms with E-state index in [4.69, 9.17) is 10.5 Å². The van der Waals surface area contributed by atoms with Crippen LogP contribution in [0.25, 0.3) is 21.5 Å². The zero-order valence-corrected chi connectivity index (χ0v) is 15.5. The molecule has 2 heterocycles. The summed E-state index contributed by atoms with van der Waals surface area (Å²) < 4.78 is 5.53. The van der Waals surface area contributed by atoms with Crippen LogP contribution in [0, 0.1) is 0 Å². The highest BCUT2D eigenvalue weighted by Gasteiger charge is 2.23. The van der Waals surface area contributed by atoms with Gasteiger partial charge < -0.3 is 10.5 Å². The lowest BCUT2D eigenvalue weighted by Gasteiger charge is -2.07. The summed E-state index contributed by atoms with van der Waals surface area (Å²) in [5.41, 5.74) is 8.98. The smallest absolute Gasteiger partial charge is 0.318 e. The second kappa shape index (κ2) is 7.17. The minimum absolute atomic E-state index is 0.118. The third-order valence-corrected chi connectivity index (χ3v) is 5.23. The zero-order valence-electron chi connectivity index (χ0n) is 14.7. The summed E-state index contributed by atoms with van der Waals surface area (Å²) in [6.07, 6.45) is 0. The standard InChI is InChI=1S/C21H17N3O2S/c1-2-26-21-23-17(13-9-5-3-6-10-13)15-16(22)19(27-20(15)24-21)18(25)14-11-7-4-8-12-14/h3-12H,2,22H2,1H3. The molecule has 0 radical (unpaired) electrons. The Bertz CT molecular complexity index is 1110. The van der Waals surface area contributed by atoms with Gasteiger partial charge in [-0.15, -0.1) is 11.3 Å². The number of carbonyl (C=O) groups excluding carboxylic acids is 1. The maximum atomic E-state index is 12.9. The molecule has 4 rings (SSSR count). The molecule has 5 nitrogen and oxygen atoms in total. The van der Waals surface area contributed by atoms with Crippen molar-refractivity contribution in [1.82, 2.24) is 9.97 Å². The lowest BCUT2D eigenvalue weighted by Crippen LogP contribution is -2.02. The van der Waals surface area contributed by atoms with Gasteiger partial charge in [0, 0.05) is 11.1 Å². The molecule has 0 aliphatic heterocycles. The summed E-state index contributed by atoms with van der Waals surface area (Å²) in [7, 11) is 0. The molecule has 0 bridgehead atoms. The molecule has 0 unspecified atom stereocenters. The highest BCUT2D eigenvalue weighted by Crippen LogP contribution is 2.40. The monoisotopic (exact) mass is 375 g/mol. The average Bonchev–Trinajstić information content (AvgIpc) is 3.05.